The summed E-state index contributed by atoms with van der Waals surface area (Å²) in [6.07, 6.45) is 3.52. The van der Waals surface area contributed by atoms with Crippen molar-refractivity contribution in [3.05, 3.63) is 95.1 Å². The Morgan fingerprint density at radius 3 is 2.41 bits per heavy atom. The van der Waals surface area contributed by atoms with E-state index in [1.165, 1.54) is 28.0 Å². The Balaban J connectivity index is 1.18. The number of benzene rings is 2. The second-order valence-electron chi connectivity index (χ2n) is 11.5. The fourth-order valence-corrected chi connectivity index (χ4v) is 6.47. The molecule has 1 fully saturated rings. The van der Waals surface area contributed by atoms with Gasteiger partial charge in [0.2, 0.25) is 5.43 Å². The Morgan fingerprint density at radius 1 is 1.04 bits per heavy atom. The maximum atomic E-state index is 15.4. The summed E-state index contributed by atoms with van der Waals surface area (Å²) >= 11 is 6.70. The van der Waals surface area contributed by atoms with Crippen LogP contribution in [-0.2, 0) is 19.5 Å². The first kappa shape index (κ1) is 33.0. The Hall–Kier alpha value is -4.42. The highest BCUT2D eigenvalue weighted by atomic mass is 35.5. The average molecular weight is 653 g/mol. The standard InChI is InChI=1S/C33H38ClFN6O5/c1-4-21-16-22(9-8-20(21)3)36-26-18-27(42)41(33(46)37-26)11-7-6-10-38-12-14-40(15-13-38)30-25(35)17-23-29(28(30)34)39(5-2)19-24(31(23)43)32(44)45/h8-9,16-19,36H,4-7,10-15H2,1-3H3,(H,37,46)(H,44,45). The van der Waals surface area contributed by atoms with Crippen LogP contribution in [0.25, 0.3) is 10.9 Å². The summed E-state index contributed by atoms with van der Waals surface area (Å²) in [4.78, 5) is 56.6. The molecule has 4 aromatic rings. The van der Waals surface area contributed by atoms with Crippen molar-refractivity contribution < 1.29 is 14.3 Å². The zero-order valence-electron chi connectivity index (χ0n) is 26.2. The monoisotopic (exact) mass is 652 g/mol. The minimum Gasteiger partial charge on any atom is -0.477 e. The molecular formula is C33H38ClFN6O5. The molecule has 1 saturated heterocycles. The van der Waals surface area contributed by atoms with Crippen LogP contribution >= 0.6 is 11.6 Å². The summed E-state index contributed by atoms with van der Waals surface area (Å²) in [6.45, 7) is 9.59. The number of aromatic nitrogens is 3. The molecule has 5 rings (SSSR count). The maximum Gasteiger partial charge on any atom is 0.341 e. The molecule has 0 amide bonds. The van der Waals surface area contributed by atoms with Crippen LogP contribution in [0.15, 0.2) is 50.9 Å². The Morgan fingerprint density at radius 2 is 1.76 bits per heavy atom. The molecule has 3 N–H and O–H groups in total. The number of piperazine rings is 1. The molecule has 0 unspecified atom stereocenters. The van der Waals surface area contributed by atoms with E-state index in [-0.39, 0.29) is 21.7 Å². The lowest BCUT2D eigenvalue weighted by Gasteiger charge is -2.37. The summed E-state index contributed by atoms with van der Waals surface area (Å²) < 4.78 is 18.1. The van der Waals surface area contributed by atoms with E-state index in [2.05, 4.69) is 22.1 Å². The minimum atomic E-state index is -1.38. The van der Waals surface area contributed by atoms with E-state index < -0.39 is 28.5 Å². The van der Waals surface area contributed by atoms with Gasteiger partial charge >= 0.3 is 11.7 Å². The highest BCUT2D eigenvalue weighted by Gasteiger charge is 2.26. The number of H-pyrrole nitrogens is 1. The first-order valence-electron chi connectivity index (χ1n) is 15.5. The van der Waals surface area contributed by atoms with E-state index in [4.69, 9.17) is 11.6 Å². The van der Waals surface area contributed by atoms with Crippen molar-refractivity contribution >= 4 is 45.7 Å². The number of halogens is 2. The number of anilines is 3. The van der Waals surface area contributed by atoms with Gasteiger partial charge in [0.15, 0.2) is 0 Å². The van der Waals surface area contributed by atoms with E-state index in [0.29, 0.717) is 57.0 Å². The number of aryl methyl sites for hydroxylation is 3. The lowest BCUT2D eigenvalue weighted by Crippen LogP contribution is -2.47. The van der Waals surface area contributed by atoms with Crippen molar-refractivity contribution in [3.8, 4) is 0 Å². The lowest BCUT2D eigenvalue weighted by molar-refractivity contribution is 0.0695. The van der Waals surface area contributed by atoms with Gasteiger partial charge in [-0.1, -0.05) is 24.6 Å². The number of nitrogens with zero attached hydrogens (tertiary/aromatic N) is 4. The summed E-state index contributed by atoms with van der Waals surface area (Å²) in [5, 5.41) is 12.6. The molecule has 1 aliphatic heterocycles. The normalized spacial score (nSPS) is 13.8. The van der Waals surface area contributed by atoms with E-state index in [0.717, 1.165) is 31.1 Å². The Kier molecular flexibility index (Phi) is 9.97. The smallest absolute Gasteiger partial charge is 0.341 e. The number of nitrogens with one attached hydrogen (secondary N) is 2. The SMILES string of the molecule is CCc1cc(Nc2cc(=O)n(CCCCN3CCN(c4c(F)cc5c(=O)c(C(=O)O)cn(CC)c5c4Cl)CC3)c(=O)[nH]2)ccc1C. The zero-order chi connectivity index (χ0) is 33.1. The fraction of sp³-hybridized carbons (Fsp3) is 0.394. The molecule has 46 heavy (non-hydrogen) atoms. The predicted octanol–water partition coefficient (Wildman–Crippen LogP) is 4.58. The van der Waals surface area contributed by atoms with Crippen molar-refractivity contribution in [1.29, 1.82) is 0 Å². The van der Waals surface area contributed by atoms with Gasteiger partial charge in [0, 0.05) is 57.2 Å². The van der Waals surface area contributed by atoms with Gasteiger partial charge in [0.25, 0.3) is 5.56 Å². The van der Waals surface area contributed by atoms with Crippen LogP contribution in [0, 0.1) is 12.7 Å². The van der Waals surface area contributed by atoms with Gasteiger partial charge in [-0.25, -0.2) is 14.0 Å². The first-order chi connectivity index (χ1) is 22.0. The van der Waals surface area contributed by atoms with Gasteiger partial charge < -0.3 is 19.9 Å². The topological polar surface area (TPSA) is 133 Å². The number of aromatic carboxylic acids is 1. The summed E-state index contributed by atoms with van der Waals surface area (Å²) in [5.41, 5.74) is 1.65. The van der Waals surface area contributed by atoms with Crippen LogP contribution in [0.1, 0.15) is 48.2 Å². The van der Waals surface area contributed by atoms with Crippen molar-refractivity contribution in [2.24, 2.45) is 0 Å². The van der Waals surface area contributed by atoms with Gasteiger partial charge in [-0.2, -0.15) is 0 Å². The quantitative estimate of drug-likeness (QED) is 0.201. The van der Waals surface area contributed by atoms with E-state index >= 15 is 4.39 Å². The number of carbonyl (C=O) groups is 1. The molecule has 0 saturated carbocycles. The number of carboxylic acid groups (broad SMARTS) is 1. The number of hydrogen-bond acceptors (Lipinski definition) is 7. The molecule has 0 bridgehead atoms. The highest BCUT2D eigenvalue weighted by molar-refractivity contribution is 6.38. The molecular weight excluding hydrogens is 615 g/mol. The molecule has 244 valence electrons. The largest absolute Gasteiger partial charge is 0.477 e. The van der Waals surface area contributed by atoms with Crippen LogP contribution in [-0.4, -0.2) is 62.8 Å². The van der Waals surface area contributed by atoms with Crippen molar-refractivity contribution in [2.75, 3.05) is 42.9 Å². The second-order valence-corrected chi connectivity index (χ2v) is 11.9. The first-order valence-corrected chi connectivity index (χ1v) is 15.9. The Labute approximate surface area is 269 Å². The predicted molar refractivity (Wildman–Crippen MR) is 179 cm³/mol. The maximum absolute atomic E-state index is 15.4. The minimum absolute atomic E-state index is 0.0627. The average Bonchev–Trinajstić information content (AvgIpc) is 3.02. The number of hydrogen-bond donors (Lipinski definition) is 3. The summed E-state index contributed by atoms with van der Waals surface area (Å²) in [6, 6.07) is 8.40. The summed E-state index contributed by atoms with van der Waals surface area (Å²) in [5.74, 6) is -1.70. The Bertz CT molecular complexity index is 1930. The van der Waals surface area contributed by atoms with Gasteiger partial charge in [-0.05, 0) is 69.0 Å². The number of carboxylic acids is 1. The third-order valence-electron chi connectivity index (χ3n) is 8.62. The molecule has 11 nitrogen and oxygen atoms in total. The van der Waals surface area contributed by atoms with E-state index in [1.54, 1.807) is 11.5 Å². The molecule has 0 spiro atoms. The zero-order valence-corrected chi connectivity index (χ0v) is 26.9. The third kappa shape index (κ3) is 6.73. The second kappa shape index (κ2) is 13.9. The lowest BCUT2D eigenvalue weighted by atomic mass is 10.1. The van der Waals surface area contributed by atoms with Crippen molar-refractivity contribution in [3.63, 3.8) is 0 Å². The van der Waals surface area contributed by atoms with Crippen LogP contribution in [0.3, 0.4) is 0 Å². The molecule has 0 radical (unpaired) electrons. The van der Waals surface area contributed by atoms with Gasteiger partial charge in [-0.3, -0.25) is 24.0 Å². The van der Waals surface area contributed by atoms with Gasteiger partial charge in [0.1, 0.15) is 17.2 Å². The third-order valence-corrected chi connectivity index (χ3v) is 8.98. The number of pyridine rings is 1. The van der Waals surface area contributed by atoms with Crippen LogP contribution < -0.4 is 26.9 Å². The number of fused-ring (bicyclic) bond motifs is 1. The molecule has 2 aromatic heterocycles. The molecule has 1 aliphatic rings. The molecule has 3 heterocycles. The van der Waals surface area contributed by atoms with Crippen LogP contribution in [0.4, 0.5) is 21.6 Å². The van der Waals surface area contributed by atoms with E-state index in [9.17, 15) is 24.3 Å². The number of aromatic amines is 1. The molecule has 2 aromatic carbocycles. The van der Waals surface area contributed by atoms with Crippen LogP contribution in [0.5, 0.6) is 0 Å². The molecule has 0 atom stereocenters. The fourth-order valence-electron chi connectivity index (χ4n) is 6.05. The van der Waals surface area contributed by atoms with Gasteiger partial charge in [-0.15, -0.1) is 0 Å². The highest BCUT2D eigenvalue weighted by Crippen LogP contribution is 2.36. The number of rotatable bonds is 11. The molecule has 0 aliphatic carbocycles. The number of unbranched alkanes of at least 4 members (excludes halogenated alkanes) is 1. The van der Waals surface area contributed by atoms with Gasteiger partial charge in [0.05, 0.1) is 21.6 Å². The van der Waals surface area contributed by atoms with Crippen LogP contribution in [0.2, 0.25) is 5.02 Å². The van der Waals surface area contributed by atoms with E-state index in [1.807, 2.05) is 30.0 Å². The summed E-state index contributed by atoms with van der Waals surface area (Å²) in [7, 11) is 0. The molecule has 13 heteroatoms. The van der Waals surface area contributed by atoms with Crippen molar-refractivity contribution in [1.82, 2.24) is 19.0 Å². The van der Waals surface area contributed by atoms with Crippen molar-refractivity contribution in [2.45, 2.75) is 53.1 Å².